The van der Waals surface area contributed by atoms with Gasteiger partial charge in [0.1, 0.15) is 5.75 Å². The van der Waals surface area contributed by atoms with Crippen LogP contribution < -0.4 is 15.4 Å². The summed E-state index contributed by atoms with van der Waals surface area (Å²) in [6.07, 6.45) is 4.80. The van der Waals surface area contributed by atoms with E-state index in [0.717, 1.165) is 50.3 Å². The van der Waals surface area contributed by atoms with Crippen molar-refractivity contribution in [2.24, 2.45) is 5.92 Å². The highest BCUT2D eigenvalue weighted by molar-refractivity contribution is 5.92. The van der Waals surface area contributed by atoms with Crippen LogP contribution in [0.2, 0.25) is 0 Å². The van der Waals surface area contributed by atoms with E-state index in [1.807, 2.05) is 35.9 Å². The van der Waals surface area contributed by atoms with Crippen molar-refractivity contribution in [3.05, 3.63) is 41.7 Å². The van der Waals surface area contributed by atoms with E-state index in [0.29, 0.717) is 17.7 Å². The first-order chi connectivity index (χ1) is 13.5. The van der Waals surface area contributed by atoms with E-state index in [1.165, 1.54) is 0 Å². The van der Waals surface area contributed by atoms with Gasteiger partial charge in [-0.2, -0.15) is 0 Å². The molecule has 3 rings (SSSR count). The van der Waals surface area contributed by atoms with Gasteiger partial charge in [0.2, 0.25) is 0 Å². The minimum absolute atomic E-state index is 0. The molecule has 0 bridgehead atoms. The summed E-state index contributed by atoms with van der Waals surface area (Å²) in [4.78, 5) is 12.5. The van der Waals surface area contributed by atoms with E-state index in [2.05, 4.69) is 34.8 Å². The second kappa shape index (κ2) is 11.2. The van der Waals surface area contributed by atoms with Gasteiger partial charge in [-0.3, -0.25) is 4.79 Å². The van der Waals surface area contributed by atoms with Gasteiger partial charge >= 0.3 is 0 Å². The maximum absolute atomic E-state index is 12.5. The molecule has 1 aliphatic rings. The number of carbonyl (C=O) groups is 1. The SMILES string of the molecule is CC(C)CCOc1ccc(C(C)NC(=O)c2cn(C3CCNCC3)nn2)cc1.Cl. The van der Waals surface area contributed by atoms with Crippen LogP contribution in [0.1, 0.15) is 68.2 Å². The van der Waals surface area contributed by atoms with E-state index in [-0.39, 0.29) is 24.4 Å². The van der Waals surface area contributed by atoms with Crippen molar-refractivity contribution < 1.29 is 9.53 Å². The molecule has 2 heterocycles. The van der Waals surface area contributed by atoms with Crippen molar-refractivity contribution in [1.29, 1.82) is 0 Å². The lowest BCUT2D eigenvalue weighted by Gasteiger charge is -2.22. The van der Waals surface area contributed by atoms with Crippen molar-refractivity contribution in [3.8, 4) is 5.75 Å². The lowest BCUT2D eigenvalue weighted by atomic mass is 10.1. The number of benzene rings is 1. The van der Waals surface area contributed by atoms with Crippen molar-refractivity contribution in [3.63, 3.8) is 0 Å². The van der Waals surface area contributed by atoms with Gasteiger partial charge in [0, 0.05) is 0 Å². The molecule has 7 nitrogen and oxygen atoms in total. The van der Waals surface area contributed by atoms with E-state index < -0.39 is 0 Å². The average Bonchev–Trinajstić information content (AvgIpc) is 3.19. The number of amides is 1. The molecule has 2 aromatic rings. The average molecular weight is 422 g/mol. The lowest BCUT2D eigenvalue weighted by molar-refractivity contribution is 0.0934. The molecule has 1 fully saturated rings. The molecule has 1 amide bonds. The Labute approximate surface area is 179 Å². The van der Waals surface area contributed by atoms with E-state index in [9.17, 15) is 4.79 Å². The summed E-state index contributed by atoms with van der Waals surface area (Å²) in [6, 6.07) is 8.07. The van der Waals surface area contributed by atoms with Crippen LogP contribution in [0.3, 0.4) is 0 Å². The van der Waals surface area contributed by atoms with Crippen molar-refractivity contribution in [2.45, 2.75) is 52.1 Å². The van der Waals surface area contributed by atoms with Gasteiger partial charge in [-0.1, -0.05) is 31.2 Å². The molecule has 29 heavy (non-hydrogen) atoms. The standard InChI is InChI=1S/C21H31N5O2.ClH/c1-15(2)10-13-28-19-6-4-17(5-7-19)16(3)23-21(27)20-14-26(25-24-20)18-8-11-22-12-9-18;/h4-7,14-16,18,22H,8-13H2,1-3H3,(H,23,27);1H. The molecular weight excluding hydrogens is 390 g/mol. The van der Waals surface area contributed by atoms with Gasteiger partial charge in [-0.05, 0) is 62.9 Å². The number of nitrogens with zero attached hydrogens (tertiary/aromatic N) is 3. The summed E-state index contributed by atoms with van der Waals surface area (Å²) in [5, 5.41) is 14.5. The fourth-order valence-corrected chi connectivity index (χ4v) is 3.25. The van der Waals surface area contributed by atoms with Crippen LogP contribution in [0.5, 0.6) is 5.75 Å². The first kappa shape index (κ1) is 23.2. The van der Waals surface area contributed by atoms with Gasteiger partial charge in [0.05, 0.1) is 24.9 Å². The predicted octanol–water partition coefficient (Wildman–Crippen LogP) is 3.54. The largest absolute Gasteiger partial charge is 0.494 e. The second-order valence-electron chi connectivity index (χ2n) is 7.86. The molecule has 1 aromatic carbocycles. The Bertz CT molecular complexity index is 757. The summed E-state index contributed by atoms with van der Waals surface area (Å²) < 4.78 is 7.57. The quantitative estimate of drug-likeness (QED) is 0.681. The third-order valence-corrected chi connectivity index (χ3v) is 5.12. The zero-order valence-electron chi connectivity index (χ0n) is 17.4. The highest BCUT2D eigenvalue weighted by Crippen LogP contribution is 2.20. The number of hydrogen-bond donors (Lipinski definition) is 2. The molecule has 0 saturated carbocycles. The number of aromatic nitrogens is 3. The molecule has 160 valence electrons. The van der Waals surface area contributed by atoms with Crippen LogP contribution in [-0.2, 0) is 0 Å². The third-order valence-electron chi connectivity index (χ3n) is 5.12. The number of hydrogen-bond acceptors (Lipinski definition) is 5. The van der Waals surface area contributed by atoms with Crippen LogP contribution >= 0.6 is 12.4 Å². The molecule has 2 N–H and O–H groups in total. The topological polar surface area (TPSA) is 81.1 Å². The third kappa shape index (κ3) is 6.72. The normalized spacial score (nSPS) is 15.6. The van der Waals surface area contributed by atoms with Gasteiger partial charge in [-0.15, -0.1) is 17.5 Å². The van der Waals surface area contributed by atoms with Crippen molar-refractivity contribution in [1.82, 2.24) is 25.6 Å². The highest BCUT2D eigenvalue weighted by Gasteiger charge is 2.20. The number of rotatable bonds is 8. The Morgan fingerprint density at radius 3 is 2.59 bits per heavy atom. The van der Waals surface area contributed by atoms with E-state index in [1.54, 1.807) is 6.20 Å². The Morgan fingerprint density at radius 1 is 1.24 bits per heavy atom. The first-order valence-corrected chi connectivity index (χ1v) is 10.2. The van der Waals surface area contributed by atoms with Gasteiger partial charge < -0.3 is 15.4 Å². The summed E-state index contributed by atoms with van der Waals surface area (Å²) in [5.74, 6) is 1.28. The molecule has 1 aliphatic heterocycles. The van der Waals surface area contributed by atoms with Gasteiger partial charge in [0.25, 0.3) is 5.91 Å². The van der Waals surface area contributed by atoms with E-state index >= 15 is 0 Å². The maximum Gasteiger partial charge on any atom is 0.273 e. The Hall–Kier alpha value is -2.12. The molecule has 0 spiro atoms. The predicted molar refractivity (Wildman–Crippen MR) is 116 cm³/mol. The summed E-state index contributed by atoms with van der Waals surface area (Å²) in [7, 11) is 0. The maximum atomic E-state index is 12.5. The van der Waals surface area contributed by atoms with Crippen LogP contribution in [0.25, 0.3) is 0 Å². The van der Waals surface area contributed by atoms with Crippen molar-refractivity contribution in [2.75, 3.05) is 19.7 Å². The molecular formula is C21H32ClN5O2. The van der Waals surface area contributed by atoms with Crippen LogP contribution in [-0.4, -0.2) is 40.6 Å². The molecule has 1 unspecified atom stereocenters. The summed E-state index contributed by atoms with van der Waals surface area (Å²) >= 11 is 0. The Balaban J connectivity index is 0.00000300. The molecule has 1 atom stereocenters. The smallest absolute Gasteiger partial charge is 0.273 e. The second-order valence-corrected chi connectivity index (χ2v) is 7.86. The number of nitrogens with one attached hydrogen (secondary N) is 2. The fraction of sp³-hybridized carbons (Fsp3) is 0.571. The number of ether oxygens (including phenoxy) is 1. The minimum Gasteiger partial charge on any atom is -0.494 e. The minimum atomic E-state index is -0.204. The monoisotopic (exact) mass is 421 g/mol. The molecule has 0 aliphatic carbocycles. The highest BCUT2D eigenvalue weighted by atomic mass is 35.5. The summed E-state index contributed by atoms with van der Waals surface area (Å²) in [5.41, 5.74) is 1.38. The zero-order chi connectivity index (χ0) is 19.9. The first-order valence-electron chi connectivity index (χ1n) is 10.2. The fourth-order valence-electron chi connectivity index (χ4n) is 3.25. The van der Waals surface area contributed by atoms with Crippen molar-refractivity contribution >= 4 is 18.3 Å². The van der Waals surface area contributed by atoms with Gasteiger partial charge in [0.15, 0.2) is 5.69 Å². The molecule has 0 radical (unpaired) electrons. The van der Waals surface area contributed by atoms with Crippen LogP contribution in [0.4, 0.5) is 0 Å². The Morgan fingerprint density at radius 2 is 1.93 bits per heavy atom. The molecule has 1 saturated heterocycles. The van der Waals surface area contributed by atoms with E-state index in [4.69, 9.17) is 4.74 Å². The van der Waals surface area contributed by atoms with Gasteiger partial charge in [-0.25, -0.2) is 4.68 Å². The molecule has 1 aromatic heterocycles. The Kier molecular flexibility index (Phi) is 8.92. The number of halogens is 1. The molecule has 8 heteroatoms. The zero-order valence-corrected chi connectivity index (χ0v) is 18.2. The number of piperidine rings is 1. The number of carbonyl (C=O) groups excluding carboxylic acids is 1. The van der Waals surface area contributed by atoms with Crippen LogP contribution in [0, 0.1) is 5.92 Å². The summed E-state index contributed by atoms with van der Waals surface area (Å²) in [6.45, 7) is 8.99. The lowest BCUT2D eigenvalue weighted by Crippen LogP contribution is -2.29. The van der Waals surface area contributed by atoms with Crippen LogP contribution in [0.15, 0.2) is 30.5 Å².